The van der Waals surface area contributed by atoms with Crippen LogP contribution >= 0.6 is 11.3 Å². The van der Waals surface area contributed by atoms with Crippen LogP contribution in [-0.2, 0) is 16.1 Å². The lowest BCUT2D eigenvalue weighted by atomic mass is 10.1. The molecule has 2 heterocycles. The first-order valence-corrected chi connectivity index (χ1v) is 9.19. The second-order valence-electron chi connectivity index (χ2n) is 6.17. The zero-order chi connectivity index (χ0) is 18.7. The van der Waals surface area contributed by atoms with Crippen molar-refractivity contribution in [3.8, 4) is 11.5 Å². The second kappa shape index (κ2) is 7.78. The Morgan fingerprint density at radius 3 is 2.65 bits per heavy atom. The molecular formula is C19H22N2O4S. The molecule has 6 nitrogen and oxygen atoms in total. The average Bonchev–Trinajstić information content (AvgIpc) is 3.24. The van der Waals surface area contributed by atoms with Crippen LogP contribution in [0.25, 0.3) is 0 Å². The smallest absolute Gasteiger partial charge is 0.227 e. The number of amides is 2. The van der Waals surface area contributed by atoms with Gasteiger partial charge in [-0.1, -0.05) is 0 Å². The Kier molecular flexibility index (Phi) is 5.46. The summed E-state index contributed by atoms with van der Waals surface area (Å²) in [7, 11) is 3.12. The van der Waals surface area contributed by atoms with E-state index < -0.39 is 0 Å². The van der Waals surface area contributed by atoms with Crippen LogP contribution in [0.3, 0.4) is 0 Å². The summed E-state index contributed by atoms with van der Waals surface area (Å²) >= 11 is 1.66. The van der Waals surface area contributed by atoms with Gasteiger partial charge in [-0.25, -0.2) is 0 Å². The summed E-state index contributed by atoms with van der Waals surface area (Å²) in [5, 5.41) is 2.94. The van der Waals surface area contributed by atoms with E-state index in [1.165, 1.54) is 4.88 Å². The number of nitrogens with zero attached hydrogens (tertiary/aromatic N) is 1. The van der Waals surface area contributed by atoms with Crippen LogP contribution in [0, 0.1) is 12.8 Å². The lowest BCUT2D eigenvalue weighted by Gasteiger charge is -2.18. The highest BCUT2D eigenvalue weighted by Crippen LogP contribution is 2.34. The fourth-order valence-corrected chi connectivity index (χ4v) is 3.85. The predicted molar refractivity (Wildman–Crippen MR) is 101 cm³/mol. The van der Waals surface area contributed by atoms with Crippen molar-refractivity contribution in [3.63, 3.8) is 0 Å². The van der Waals surface area contributed by atoms with Gasteiger partial charge in [-0.3, -0.25) is 9.59 Å². The van der Waals surface area contributed by atoms with E-state index in [1.54, 1.807) is 48.7 Å². The Morgan fingerprint density at radius 1 is 1.23 bits per heavy atom. The van der Waals surface area contributed by atoms with Crippen LogP contribution in [0.2, 0.25) is 0 Å². The quantitative estimate of drug-likeness (QED) is 0.844. The topological polar surface area (TPSA) is 67.9 Å². The molecular weight excluding hydrogens is 352 g/mol. The summed E-state index contributed by atoms with van der Waals surface area (Å²) in [5.74, 6) is 0.649. The maximum absolute atomic E-state index is 12.4. The number of rotatable bonds is 6. The number of hydrogen-bond acceptors (Lipinski definition) is 5. The van der Waals surface area contributed by atoms with Crippen molar-refractivity contribution >= 4 is 28.8 Å². The largest absolute Gasteiger partial charge is 0.493 e. The van der Waals surface area contributed by atoms with Gasteiger partial charge in [0.25, 0.3) is 0 Å². The lowest BCUT2D eigenvalue weighted by Crippen LogP contribution is -2.32. The first kappa shape index (κ1) is 18.3. The molecule has 2 amide bonds. The summed E-state index contributed by atoms with van der Waals surface area (Å²) in [6.45, 7) is 2.90. The van der Waals surface area contributed by atoms with Gasteiger partial charge in [0, 0.05) is 34.5 Å². The molecule has 0 aliphatic carbocycles. The fraction of sp³-hybridized carbons (Fsp3) is 0.368. The van der Waals surface area contributed by atoms with Crippen molar-refractivity contribution in [1.82, 2.24) is 5.32 Å². The van der Waals surface area contributed by atoms with E-state index in [9.17, 15) is 9.59 Å². The van der Waals surface area contributed by atoms with Crippen LogP contribution in [0.4, 0.5) is 5.69 Å². The van der Waals surface area contributed by atoms with Gasteiger partial charge < -0.3 is 19.7 Å². The number of nitrogens with one attached hydrogen (secondary N) is 1. The molecule has 1 N–H and O–H groups in total. The summed E-state index contributed by atoms with van der Waals surface area (Å²) in [6, 6.07) is 9.35. The summed E-state index contributed by atoms with van der Waals surface area (Å²) in [6.07, 6.45) is 0.212. The van der Waals surface area contributed by atoms with Crippen molar-refractivity contribution in [2.45, 2.75) is 19.9 Å². The minimum absolute atomic E-state index is 0.0654. The van der Waals surface area contributed by atoms with Crippen LogP contribution in [0.1, 0.15) is 16.2 Å². The summed E-state index contributed by atoms with van der Waals surface area (Å²) in [4.78, 5) is 28.8. The molecule has 3 rings (SSSR count). The summed E-state index contributed by atoms with van der Waals surface area (Å²) in [5.41, 5.74) is 0.705. The van der Waals surface area contributed by atoms with Crippen molar-refractivity contribution in [2.24, 2.45) is 5.92 Å². The van der Waals surface area contributed by atoms with Crippen molar-refractivity contribution < 1.29 is 19.1 Å². The molecule has 1 atom stereocenters. The standard InChI is InChI=1S/C19H22N2O4S/c1-12-4-6-15(26-12)10-20-19(23)13-8-18(22)21(11-13)14-5-7-16(24-2)17(9-14)25-3/h4-7,9,13H,8,10-11H2,1-3H3,(H,20,23). The SMILES string of the molecule is COc1ccc(N2CC(C(=O)NCc3ccc(C)s3)CC2=O)cc1OC. The van der Waals surface area contributed by atoms with E-state index in [2.05, 4.69) is 5.32 Å². The minimum atomic E-state index is -0.350. The molecule has 0 saturated carbocycles. The van der Waals surface area contributed by atoms with E-state index in [0.29, 0.717) is 30.3 Å². The molecule has 2 aromatic rings. The predicted octanol–water partition coefficient (Wildman–Crippen LogP) is 2.74. The molecule has 1 aromatic heterocycles. The Bertz CT molecular complexity index is 818. The maximum Gasteiger partial charge on any atom is 0.227 e. The van der Waals surface area contributed by atoms with Crippen LogP contribution in [0.15, 0.2) is 30.3 Å². The zero-order valence-corrected chi connectivity index (χ0v) is 15.9. The van der Waals surface area contributed by atoms with Gasteiger partial charge in [0.05, 0.1) is 26.7 Å². The molecule has 1 unspecified atom stereocenters. The number of carbonyl (C=O) groups excluding carboxylic acids is 2. The average molecular weight is 374 g/mol. The van der Waals surface area contributed by atoms with Gasteiger partial charge >= 0.3 is 0 Å². The molecule has 0 spiro atoms. The van der Waals surface area contributed by atoms with Crippen molar-refractivity contribution in [1.29, 1.82) is 0 Å². The Labute approximate surface area is 156 Å². The Balaban J connectivity index is 1.65. The number of aryl methyl sites for hydroxylation is 1. The normalized spacial score (nSPS) is 16.7. The molecule has 1 saturated heterocycles. The number of carbonyl (C=O) groups is 2. The zero-order valence-electron chi connectivity index (χ0n) is 15.1. The highest BCUT2D eigenvalue weighted by Gasteiger charge is 2.35. The van der Waals surface area contributed by atoms with Gasteiger partial charge in [0.15, 0.2) is 11.5 Å². The molecule has 1 aliphatic heterocycles. The van der Waals surface area contributed by atoms with Gasteiger partial charge in [-0.2, -0.15) is 0 Å². The third kappa shape index (κ3) is 3.83. The Hall–Kier alpha value is -2.54. The lowest BCUT2D eigenvalue weighted by molar-refractivity contribution is -0.126. The molecule has 138 valence electrons. The number of ether oxygens (including phenoxy) is 2. The third-order valence-corrected chi connectivity index (χ3v) is 5.41. The van der Waals surface area contributed by atoms with E-state index in [4.69, 9.17) is 9.47 Å². The summed E-state index contributed by atoms with van der Waals surface area (Å²) < 4.78 is 10.5. The van der Waals surface area contributed by atoms with Crippen molar-refractivity contribution in [2.75, 3.05) is 25.7 Å². The fourth-order valence-electron chi connectivity index (χ4n) is 3.02. The van der Waals surface area contributed by atoms with E-state index in [1.807, 2.05) is 19.1 Å². The molecule has 1 fully saturated rings. The maximum atomic E-state index is 12.4. The van der Waals surface area contributed by atoms with Gasteiger partial charge in [-0.05, 0) is 31.2 Å². The molecule has 0 radical (unpaired) electrons. The van der Waals surface area contributed by atoms with Gasteiger partial charge in [0.1, 0.15) is 0 Å². The highest BCUT2D eigenvalue weighted by molar-refractivity contribution is 7.11. The first-order valence-electron chi connectivity index (χ1n) is 8.37. The van der Waals surface area contributed by atoms with E-state index in [-0.39, 0.29) is 24.2 Å². The molecule has 26 heavy (non-hydrogen) atoms. The number of thiophene rings is 1. The molecule has 1 aromatic carbocycles. The number of anilines is 1. The van der Waals surface area contributed by atoms with Crippen LogP contribution in [-0.4, -0.2) is 32.6 Å². The van der Waals surface area contributed by atoms with E-state index in [0.717, 1.165) is 4.88 Å². The first-order chi connectivity index (χ1) is 12.5. The third-order valence-electron chi connectivity index (χ3n) is 4.41. The second-order valence-corrected chi connectivity index (χ2v) is 7.55. The molecule has 1 aliphatic rings. The van der Waals surface area contributed by atoms with Gasteiger partial charge in [-0.15, -0.1) is 11.3 Å². The number of benzene rings is 1. The Morgan fingerprint density at radius 2 is 2.00 bits per heavy atom. The van der Waals surface area contributed by atoms with Crippen molar-refractivity contribution in [3.05, 3.63) is 40.1 Å². The number of hydrogen-bond donors (Lipinski definition) is 1. The van der Waals surface area contributed by atoms with Crippen LogP contribution < -0.4 is 19.7 Å². The molecule has 7 heteroatoms. The monoisotopic (exact) mass is 374 g/mol. The van der Waals surface area contributed by atoms with Crippen LogP contribution in [0.5, 0.6) is 11.5 Å². The minimum Gasteiger partial charge on any atom is -0.493 e. The number of methoxy groups -OCH3 is 2. The highest BCUT2D eigenvalue weighted by atomic mass is 32.1. The molecule has 0 bridgehead atoms. The van der Waals surface area contributed by atoms with Gasteiger partial charge in [0.2, 0.25) is 11.8 Å². The van der Waals surface area contributed by atoms with E-state index >= 15 is 0 Å².